The highest BCUT2D eigenvalue weighted by atomic mass is 35.5. The van der Waals surface area contributed by atoms with Crippen LogP contribution in [-0.2, 0) is 6.42 Å². The van der Waals surface area contributed by atoms with Crippen LogP contribution in [0.5, 0.6) is 0 Å². The minimum atomic E-state index is -4.44. The minimum absolute atomic E-state index is 0. The Bertz CT molecular complexity index is 284. The normalized spacial score (nSPS) is 13.5. The Morgan fingerprint density at radius 1 is 1.43 bits per heavy atom. The number of aryl methyl sites for hydroxylation is 1. The van der Waals surface area contributed by atoms with Gasteiger partial charge < -0.3 is 10.2 Å². The van der Waals surface area contributed by atoms with Crippen LogP contribution in [0.1, 0.15) is 24.5 Å². The standard InChI is InChI=1S/C8H10F3NO.ClH/c1-2-5-3-4-6(13-5)7(12)8(9,10)11;/h3-4,7H,2,12H2,1H3;1H/t7-;/m0./s1. The van der Waals surface area contributed by atoms with Gasteiger partial charge in [-0.1, -0.05) is 6.92 Å². The zero-order chi connectivity index (χ0) is 10.1. The smallest absolute Gasteiger partial charge is 0.410 e. The quantitative estimate of drug-likeness (QED) is 0.847. The number of hydrogen-bond acceptors (Lipinski definition) is 2. The highest BCUT2D eigenvalue weighted by Gasteiger charge is 2.39. The molecule has 14 heavy (non-hydrogen) atoms. The van der Waals surface area contributed by atoms with Gasteiger partial charge in [-0.25, -0.2) is 0 Å². The molecule has 2 nitrogen and oxygen atoms in total. The number of furan rings is 1. The number of rotatable bonds is 2. The summed E-state index contributed by atoms with van der Waals surface area (Å²) in [7, 11) is 0. The molecule has 0 spiro atoms. The zero-order valence-corrected chi connectivity index (χ0v) is 8.28. The predicted octanol–water partition coefficient (Wildman–Crippen LogP) is 2.83. The molecule has 1 rings (SSSR count). The summed E-state index contributed by atoms with van der Waals surface area (Å²) in [5.41, 5.74) is 4.92. The first-order valence-corrected chi connectivity index (χ1v) is 3.86. The maximum atomic E-state index is 12.1. The summed E-state index contributed by atoms with van der Waals surface area (Å²) in [5, 5.41) is 0. The predicted molar refractivity (Wildman–Crippen MR) is 48.3 cm³/mol. The molecule has 0 amide bonds. The zero-order valence-electron chi connectivity index (χ0n) is 7.47. The van der Waals surface area contributed by atoms with Crippen molar-refractivity contribution in [3.05, 3.63) is 23.7 Å². The Hall–Kier alpha value is -0.680. The summed E-state index contributed by atoms with van der Waals surface area (Å²) in [6.45, 7) is 1.79. The lowest BCUT2D eigenvalue weighted by atomic mass is 10.2. The molecule has 6 heteroatoms. The third kappa shape index (κ3) is 2.92. The fourth-order valence-electron chi connectivity index (χ4n) is 0.913. The summed E-state index contributed by atoms with van der Waals surface area (Å²) < 4.78 is 41.1. The van der Waals surface area contributed by atoms with Gasteiger partial charge in [0.05, 0.1) is 0 Å². The summed E-state index contributed by atoms with van der Waals surface area (Å²) in [6, 6.07) is 0.741. The first-order chi connectivity index (χ1) is 5.95. The van der Waals surface area contributed by atoms with Crippen molar-refractivity contribution in [1.82, 2.24) is 0 Å². The molecule has 82 valence electrons. The van der Waals surface area contributed by atoms with Crippen molar-refractivity contribution in [3.63, 3.8) is 0 Å². The molecule has 0 bridgehead atoms. The van der Waals surface area contributed by atoms with Crippen LogP contribution in [0.2, 0.25) is 0 Å². The van der Waals surface area contributed by atoms with E-state index >= 15 is 0 Å². The van der Waals surface area contributed by atoms with Gasteiger partial charge in [0, 0.05) is 6.42 Å². The van der Waals surface area contributed by atoms with Gasteiger partial charge in [-0.05, 0) is 12.1 Å². The van der Waals surface area contributed by atoms with E-state index in [9.17, 15) is 13.2 Å². The van der Waals surface area contributed by atoms with E-state index in [4.69, 9.17) is 10.2 Å². The second-order valence-corrected chi connectivity index (χ2v) is 2.68. The molecule has 0 saturated carbocycles. The van der Waals surface area contributed by atoms with E-state index in [0.29, 0.717) is 12.2 Å². The number of alkyl halides is 3. The molecule has 1 aromatic heterocycles. The highest BCUT2D eigenvalue weighted by molar-refractivity contribution is 5.85. The van der Waals surface area contributed by atoms with E-state index in [1.165, 1.54) is 12.1 Å². The fraction of sp³-hybridized carbons (Fsp3) is 0.500. The van der Waals surface area contributed by atoms with Gasteiger partial charge in [-0.3, -0.25) is 0 Å². The Labute approximate surface area is 85.7 Å². The van der Waals surface area contributed by atoms with Crippen LogP contribution in [-0.4, -0.2) is 6.18 Å². The van der Waals surface area contributed by atoms with E-state index in [-0.39, 0.29) is 18.2 Å². The number of halogens is 4. The van der Waals surface area contributed by atoms with Crippen molar-refractivity contribution >= 4 is 12.4 Å². The third-order valence-corrected chi connectivity index (χ3v) is 1.69. The molecular formula is C8H11ClF3NO. The van der Waals surface area contributed by atoms with Crippen LogP contribution in [0.25, 0.3) is 0 Å². The Balaban J connectivity index is 0.00000169. The average molecular weight is 230 g/mol. The van der Waals surface area contributed by atoms with Crippen molar-refractivity contribution in [2.45, 2.75) is 25.6 Å². The van der Waals surface area contributed by atoms with Crippen molar-refractivity contribution in [1.29, 1.82) is 0 Å². The lowest BCUT2D eigenvalue weighted by Gasteiger charge is -2.12. The van der Waals surface area contributed by atoms with Gasteiger partial charge in [0.1, 0.15) is 11.5 Å². The molecule has 0 saturated heterocycles. The number of hydrogen-bond donors (Lipinski definition) is 1. The third-order valence-electron chi connectivity index (χ3n) is 1.69. The summed E-state index contributed by atoms with van der Waals surface area (Å²) in [4.78, 5) is 0. The van der Waals surface area contributed by atoms with Gasteiger partial charge in [0.15, 0.2) is 6.04 Å². The molecule has 0 unspecified atom stereocenters. The molecule has 1 atom stereocenters. The van der Waals surface area contributed by atoms with Gasteiger partial charge in [0.2, 0.25) is 0 Å². The second-order valence-electron chi connectivity index (χ2n) is 2.68. The molecule has 1 aromatic rings. The van der Waals surface area contributed by atoms with Gasteiger partial charge in [0.25, 0.3) is 0 Å². The second kappa shape index (κ2) is 4.70. The average Bonchev–Trinajstić information content (AvgIpc) is 2.48. The topological polar surface area (TPSA) is 39.2 Å². The van der Waals surface area contributed by atoms with Crippen LogP contribution in [0.4, 0.5) is 13.2 Å². The van der Waals surface area contributed by atoms with Crippen LogP contribution >= 0.6 is 12.4 Å². The molecular weight excluding hydrogens is 219 g/mol. The van der Waals surface area contributed by atoms with Crippen LogP contribution in [0, 0.1) is 0 Å². The summed E-state index contributed by atoms with van der Waals surface area (Å²) in [6.07, 6.45) is -3.88. The molecule has 1 heterocycles. The maximum Gasteiger partial charge on any atom is 0.410 e. The van der Waals surface area contributed by atoms with Gasteiger partial charge in [-0.2, -0.15) is 13.2 Å². The Morgan fingerprint density at radius 2 is 2.00 bits per heavy atom. The first kappa shape index (κ1) is 13.3. The van der Waals surface area contributed by atoms with Gasteiger partial charge in [-0.15, -0.1) is 12.4 Å². The lowest BCUT2D eigenvalue weighted by Crippen LogP contribution is -2.27. The summed E-state index contributed by atoms with van der Waals surface area (Å²) >= 11 is 0. The fourth-order valence-corrected chi connectivity index (χ4v) is 0.913. The van der Waals surface area contributed by atoms with E-state index in [1.807, 2.05) is 0 Å². The van der Waals surface area contributed by atoms with Crippen LogP contribution in [0.15, 0.2) is 16.5 Å². The molecule has 0 aliphatic rings. The monoisotopic (exact) mass is 229 g/mol. The van der Waals surface area contributed by atoms with E-state index < -0.39 is 12.2 Å². The minimum Gasteiger partial charge on any atom is -0.464 e. The highest BCUT2D eigenvalue weighted by Crippen LogP contribution is 2.31. The molecule has 0 aliphatic heterocycles. The van der Waals surface area contributed by atoms with Crippen LogP contribution < -0.4 is 5.73 Å². The lowest BCUT2D eigenvalue weighted by molar-refractivity contribution is -0.152. The van der Waals surface area contributed by atoms with Crippen LogP contribution in [0.3, 0.4) is 0 Å². The summed E-state index contributed by atoms with van der Waals surface area (Å²) in [5.74, 6) is 0.277. The van der Waals surface area contributed by atoms with Crippen molar-refractivity contribution in [2.24, 2.45) is 5.73 Å². The van der Waals surface area contributed by atoms with E-state index in [0.717, 1.165) is 0 Å². The first-order valence-electron chi connectivity index (χ1n) is 3.86. The molecule has 0 aliphatic carbocycles. The Kier molecular flexibility index (Phi) is 4.48. The molecule has 0 radical (unpaired) electrons. The molecule has 0 aromatic carbocycles. The Morgan fingerprint density at radius 3 is 2.36 bits per heavy atom. The molecule has 0 fully saturated rings. The van der Waals surface area contributed by atoms with Crippen molar-refractivity contribution in [3.8, 4) is 0 Å². The maximum absolute atomic E-state index is 12.1. The SMILES string of the molecule is CCc1ccc([C@H](N)C(F)(F)F)o1.Cl. The number of nitrogens with two attached hydrogens (primary N) is 1. The van der Waals surface area contributed by atoms with Crippen molar-refractivity contribution < 1.29 is 17.6 Å². The molecule has 2 N–H and O–H groups in total. The van der Waals surface area contributed by atoms with E-state index in [1.54, 1.807) is 6.92 Å². The van der Waals surface area contributed by atoms with Gasteiger partial charge >= 0.3 is 6.18 Å². The largest absolute Gasteiger partial charge is 0.464 e. The van der Waals surface area contributed by atoms with Crippen molar-refractivity contribution in [2.75, 3.05) is 0 Å². The van der Waals surface area contributed by atoms with E-state index in [2.05, 4.69) is 0 Å².